The molecule has 2 aliphatic rings. The van der Waals surface area contributed by atoms with Crippen LogP contribution in [0.4, 0.5) is 0 Å². The summed E-state index contributed by atoms with van der Waals surface area (Å²) in [6.45, 7) is 8.07. The van der Waals surface area contributed by atoms with E-state index in [0.717, 1.165) is 5.57 Å². The molecule has 2 N–H and O–H groups in total. The molecule has 0 aromatic carbocycles. The molecule has 0 aromatic heterocycles. The molecule has 4 heteroatoms. The van der Waals surface area contributed by atoms with E-state index in [2.05, 4.69) is 23.0 Å². The van der Waals surface area contributed by atoms with Crippen LogP contribution in [0.15, 0.2) is 23.3 Å². The molecule has 18 heavy (non-hydrogen) atoms. The van der Waals surface area contributed by atoms with E-state index in [4.69, 9.17) is 0 Å². The molecule has 0 unspecified atom stereocenters. The first kappa shape index (κ1) is 12.9. The second-order valence-electron chi connectivity index (χ2n) is 5.55. The van der Waals surface area contributed by atoms with Gasteiger partial charge < -0.3 is 0 Å². The lowest BCUT2D eigenvalue weighted by atomic mass is 9.66. The monoisotopic (exact) mass is 248 g/mol. The van der Waals surface area contributed by atoms with Crippen molar-refractivity contribution >= 4 is 11.8 Å². The van der Waals surface area contributed by atoms with E-state index < -0.39 is 0 Å². The maximum absolute atomic E-state index is 12.0. The number of carbonyl (C=O) groups is 2. The second kappa shape index (κ2) is 4.59. The van der Waals surface area contributed by atoms with Crippen molar-refractivity contribution < 1.29 is 9.59 Å². The summed E-state index contributed by atoms with van der Waals surface area (Å²) in [4.78, 5) is 24.0. The van der Waals surface area contributed by atoms with E-state index in [-0.39, 0.29) is 35.5 Å². The quantitative estimate of drug-likeness (QED) is 0.692. The van der Waals surface area contributed by atoms with Crippen molar-refractivity contribution in [3.05, 3.63) is 23.3 Å². The molecule has 0 spiro atoms. The summed E-state index contributed by atoms with van der Waals surface area (Å²) in [7, 11) is 0. The van der Waals surface area contributed by atoms with Crippen molar-refractivity contribution in [2.75, 3.05) is 0 Å². The van der Waals surface area contributed by atoms with Gasteiger partial charge >= 0.3 is 0 Å². The average molecular weight is 248 g/mol. The van der Waals surface area contributed by atoms with Gasteiger partial charge in [0.2, 0.25) is 11.8 Å². The summed E-state index contributed by atoms with van der Waals surface area (Å²) in [5.41, 5.74) is 7.29. The molecule has 0 aromatic rings. The molecule has 1 heterocycles. The van der Waals surface area contributed by atoms with Gasteiger partial charge in [0.05, 0.1) is 11.8 Å². The summed E-state index contributed by atoms with van der Waals surface area (Å²) < 4.78 is 0. The molecule has 1 aliphatic carbocycles. The number of hydrazine groups is 1. The summed E-state index contributed by atoms with van der Waals surface area (Å²) in [5.74, 6) is -0.578. The minimum atomic E-state index is -0.285. The van der Waals surface area contributed by atoms with E-state index >= 15 is 0 Å². The summed E-state index contributed by atoms with van der Waals surface area (Å²) >= 11 is 0. The van der Waals surface area contributed by atoms with Crippen molar-refractivity contribution in [3.63, 3.8) is 0 Å². The number of amides is 2. The van der Waals surface area contributed by atoms with E-state index in [1.165, 1.54) is 5.57 Å². The predicted octanol–water partition coefficient (Wildman–Crippen LogP) is 1.56. The Labute approximate surface area is 107 Å². The zero-order chi connectivity index (χ0) is 13.4. The first-order valence-electron chi connectivity index (χ1n) is 6.35. The van der Waals surface area contributed by atoms with E-state index in [1.54, 1.807) is 0 Å². The van der Waals surface area contributed by atoms with Gasteiger partial charge in [0, 0.05) is 5.92 Å². The molecule has 1 aliphatic heterocycles. The third-order valence-electron chi connectivity index (χ3n) is 3.95. The molecule has 98 valence electrons. The van der Waals surface area contributed by atoms with Gasteiger partial charge in [-0.15, -0.1) is 0 Å². The van der Waals surface area contributed by atoms with Crippen molar-refractivity contribution in [1.82, 2.24) is 10.9 Å². The Morgan fingerprint density at radius 2 is 1.72 bits per heavy atom. The molecule has 2 rings (SSSR count). The molecule has 2 amide bonds. The average Bonchev–Trinajstić information content (AvgIpc) is 2.28. The number of hydrogen-bond acceptors (Lipinski definition) is 2. The van der Waals surface area contributed by atoms with Crippen LogP contribution in [0.3, 0.4) is 0 Å². The summed E-state index contributed by atoms with van der Waals surface area (Å²) in [6, 6.07) is 0. The Balaban J connectivity index is 2.45. The van der Waals surface area contributed by atoms with Crippen LogP contribution in [0.2, 0.25) is 0 Å². The van der Waals surface area contributed by atoms with E-state index in [1.807, 2.05) is 27.7 Å². The van der Waals surface area contributed by atoms with Crippen LogP contribution in [-0.4, -0.2) is 11.8 Å². The number of nitrogens with one attached hydrogen (secondary N) is 2. The topological polar surface area (TPSA) is 58.2 Å². The number of carbonyl (C=O) groups excluding carboxylic acids is 2. The number of rotatable bonds is 1. The van der Waals surface area contributed by atoms with Crippen molar-refractivity contribution in [3.8, 4) is 0 Å². The zero-order valence-electron chi connectivity index (χ0n) is 11.3. The molecule has 4 nitrogen and oxygen atoms in total. The molecule has 0 bridgehead atoms. The predicted molar refractivity (Wildman–Crippen MR) is 69.1 cm³/mol. The van der Waals surface area contributed by atoms with Crippen LogP contribution in [0.5, 0.6) is 0 Å². The van der Waals surface area contributed by atoms with Gasteiger partial charge in [0.15, 0.2) is 0 Å². The maximum Gasteiger partial charge on any atom is 0.243 e. The highest BCUT2D eigenvalue weighted by Gasteiger charge is 2.47. The summed E-state index contributed by atoms with van der Waals surface area (Å²) in [6.07, 6.45) is 4.20. The van der Waals surface area contributed by atoms with Crippen molar-refractivity contribution in [2.24, 2.45) is 23.7 Å². The number of fused-ring (bicyclic) bond motifs is 1. The van der Waals surface area contributed by atoms with Crippen molar-refractivity contribution in [2.45, 2.75) is 27.7 Å². The third-order valence-corrected chi connectivity index (χ3v) is 3.95. The smallest absolute Gasteiger partial charge is 0.243 e. The van der Waals surface area contributed by atoms with E-state index in [9.17, 15) is 9.59 Å². The van der Waals surface area contributed by atoms with Gasteiger partial charge in [-0.2, -0.15) is 0 Å². The minimum Gasteiger partial charge on any atom is -0.273 e. The van der Waals surface area contributed by atoms with Crippen LogP contribution in [0.25, 0.3) is 0 Å². The van der Waals surface area contributed by atoms with E-state index in [0.29, 0.717) is 0 Å². The Morgan fingerprint density at radius 3 is 2.28 bits per heavy atom. The lowest BCUT2D eigenvalue weighted by Gasteiger charge is -2.41. The van der Waals surface area contributed by atoms with Gasteiger partial charge in [0.25, 0.3) is 0 Å². The highest BCUT2D eigenvalue weighted by Crippen LogP contribution is 2.40. The largest absolute Gasteiger partial charge is 0.273 e. The van der Waals surface area contributed by atoms with Gasteiger partial charge in [0.1, 0.15) is 0 Å². The first-order valence-corrected chi connectivity index (χ1v) is 6.35. The summed E-state index contributed by atoms with van der Waals surface area (Å²) in [5, 5.41) is 0. The lowest BCUT2D eigenvalue weighted by Crippen LogP contribution is -2.60. The van der Waals surface area contributed by atoms with Gasteiger partial charge in [-0.1, -0.05) is 30.2 Å². The lowest BCUT2D eigenvalue weighted by molar-refractivity contribution is -0.146. The molecule has 1 saturated heterocycles. The first-order chi connectivity index (χ1) is 8.41. The molecular formula is C14H20N2O2. The SMILES string of the molecule is CC(C)=C[C@H]1C=C(C)[C@H](C)[C@H]2C(=O)NNC(=O)[C@H]12. The van der Waals surface area contributed by atoms with Crippen LogP contribution >= 0.6 is 0 Å². The van der Waals surface area contributed by atoms with Crippen LogP contribution in [0, 0.1) is 23.7 Å². The fourth-order valence-electron chi connectivity index (χ4n) is 2.95. The highest BCUT2D eigenvalue weighted by atomic mass is 16.2. The molecule has 1 fully saturated rings. The normalized spacial score (nSPS) is 35.0. The Morgan fingerprint density at radius 1 is 1.17 bits per heavy atom. The number of allylic oxidation sites excluding steroid dienone is 4. The third kappa shape index (κ3) is 2.07. The fourth-order valence-corrected chi connectivity index (χ4v) is 2.95. The highest BCUT2D eigenvalue weighted by molar-refractivity contribution is 5.94. The van der Waals surface area contributed by atoms with Crippen LogP contribution in [-0.2, 0) is 9.59 Å². The Bertz CT molecular complexity index is 447. The Kier molecular flexibility index (Phi) is 3.28. The van der Waals surface area contributed by atoms with Crippen molar-refractivity contribution in [1.29, 1.82) is 0 Å². The zero-order valence-corrected chi connectivity index (χ0v) is 11.3. The molecular weight excluding hydrogens is 228 g/mol. The molecule has 4 atom stereocenters. The van der Waals surface area contributed by atoms with Crippen LogP contribution < -0.4 is 10.9 Å². The Hall–Kier alpha value is -1.58. The minimum absolute atomic E-state index is 0.0160. The maximum atomic E-state index is 12.0. The van der Waals surface area contributed by atoms with Gasteiger partial charge in [-0.05, 0) is 26.7 Å². The molecule has 0 radical (unpaired) electrons. The van der Waals surface area contributed by atoms with Gasteiger partial charge in [-0.25, -0.2) is 0 Å². The fraction of sp³-hybridized carbons (Fsp3) is 0.571. The van der Waals surface area contributed by atoms with Crippen LogP contribution in [0.1, 0.15) is 27.7 Å². The molecule has 0 saturated carbocycles. The standard InChI is InChI=1S/C14H20N2O2/c1-7(2)5-10-6-8(3)9(4)11-12(10)14(18)16-15-13(11)17/h5-6,9-12H,1-4H3,(H,15,17)(H,16,18)/t9-,10-,11+,12+/m0/s1. The second-order valence-corrected chi connectivity index (χ2v) is 5.55. The van der Waals surface area contributed by atoms with Gasteiger partial charge in [-0.3, -0.25) is 20.4 Å². The number of hydrogen-bond donors (Lipinski definition) is 2.